The summed E-state index contributed by atoms with van der Waals surface area (Å²) in [4.78, 5) is 2.25. The molecule has 0 saturated carbocycles. The van der Waals surface area contributed by atoms with E-state index >= 15 is 0 Å². The van der Waals surface area contributed by atoms with Gasteiger partial charge in [0.1, 0.15) is 5.82 Å². The second kappa shape index (κ2) is 7.87. The Hall–Kier alpha value is -1.47. The van der Waals surface area contributed by atoms with Gasteiger partial charge in [-0.2, -0.15) is 0 Å². The van der Waals surface area contributed by atoms with Crippen LogP contribution < -0.4 is 4.90 Å². The lowest BCUT2D eigenvalue weighted by Crippen LogP contribution is -2.50. The van der Waals surface area contributed by atoms with E-state index in [0.29, 0.717) is 28.9 Å². The van der Waals surface area contributed by atoms with Gasteiger partial charge in [0.25, 0.3) is 0 Å². The molecule has 0 spiro atoms. The molecule has 3 heterocycles. The van der Waals surface area contributed by atoms with Gasteiger partial charge in [-0.25, -0.2) is 4.39 Å². The zero-order valence-electron chi connectivity index (χ0n) is 17.4. The van der Waals surface area contributed by atoms with Crippen LogP contribution in [0.5, 0.6) is 0 Å². The topological polar surface area (TPSA) is 42.7 Å². The number of hydrogen-bond acceptors (Lipinski definition) is 4. The molecule has 0 N–H and O–H groups in total. The van der Waals surface area contributed by atoms with Crippen LogP contribution in [-0.4, -0.2) is 42.1 Å². The molecule has 2 aromatic rings. The molecule has 1 fully saturated rings. The number of hydrogen-bond donors (Lipinski definition) is 0. The summed E-state index contributed by atoms with van der Waals surface area (Å²) < 4.78 is 22.3. The second-order valence-corrected chi connectivity index (χ2v) is 14.2. The van der Waals surface area contributed by atoms with Crippen LogP contribution in [0.4, 0.5) is 10.3 Å². The Morgan fingerprint density at radius 2 is 1.78 bits per heavy atom. The van der Waals surface area contributed by atoms with Gasteiger partial charge >= 0.3 is 0 Å². The van der Waals surface area contributed by atoms with Gasteiger partial charge < -0.3 is 9.33 Å². The summed E-state index contributed by atoms with van der Waals surface area (Å²) >= 11 is 0. The molecule has 0 radical (unpaired) electrons. The van der Waals surface area contributed by atoms with E-state index in [0.717, 1.165) is 25.3 Å². The molecule has 3 rings (SSSR count). The zero-order valence-corrected chi connectivity index (χ0v) is 18.4. The van der Waals surface area contributed by atoms with Crippen molar-refractivity contribution in [2.45, 2.75) is 77.0 Å². The van der Waals surface area contributed by atoms with E-state index in [1.165, 1.54) is 12.3 Å². The summed E-state index contributed by atoms with van der Waals surface area (Å²) in [6, 6.07) is 3.36. The summed E-state index contributed by atoms with van der Waals surface area (Å²) in [7, 11) is -1.90. The van der Waals surface area contributed by atoms with E-state index in [2.05, 4.69) is 56.6 Å². The Balaban J connectivity index is 1.83. The first-order valence-electron chi connectivity index (χ1n) is 10.2. The number of rotatable bonds is 7. The smallest absolute Gasteiger partial charge is 0.232 e. The van der Waals surface area contributed by atoms with Crippen molar-refractivity contribution in [3.63, 3.8) is 0 Å². The predicted molar refractivity (Wildman–Crippen MR) is 110 cm³/mol. The van der Waals surface area contributed by atoms with Crippen molar-refractivity contribution in [2.24, 2.45) is 0 Å². The summed E-state index contributed by atoms with van der Waals surface area (Å²) in [5.41, 5.74) is 2.37. The molecule has 0 amide bonds. The summed E-state index contributed by atoms with van der Waals surface area (Å²) in [6.07, 6.45) is 3.64. The van der Waals surface area contributed by atoms with Gasteiger partial charge in [-0.15, -0.1) is 10.2 Å². The standard InChI is InChI=1S/C20H33FN4OSi/c1-14(2)27(15(3)4,16(5)6)26-13-18-8-7-11-24(18)20-23-22-19-10-9-17(21)12-25(19)20/h9-10,12,14-16,18H,7-8,11,13H2,1-6H3/t18-/m1/s1. The number of halogens is 1. The third kappa shape index (κ3) is 3.63. The average molecular weight is 393 g/mol. The summed E-state index contributed by atoms with van der Waals surface area (Å²) in [5, 5.41) is 8.55. The summed E-state index contributed by atoms with van der Waals surface area (Å²) in [6.45, 7) is 15.5. The minimum absolute atomic E-state index is 0.267. The quantitative estimate of drug-likeness (QED) is 0.620. The molecular formula is C20H33FN4OSi. The Kier molecular flexibility index (Phi) is 5.91. The minimum Gasteiger partial charge on any atom is -0.414 e. The van der Waals surface area contributed by atoms with Crippen LogP contribution in [0.25, 0.3) is 5.65 Å². The van der Waals surface area contributed by atoms with Gasteiger partial charge in [0.15, 0.2) is 14.0 Å². The molecule has 150 valence electrons. The van der Waals surface area contributed by atoms with E-state index < -0.39 is 8.32 Å². The SMILES string of the molecule is CC(C)[Si](OC[C@H]1CCCN1c1nnc2ccc(F)cn12)(C(C)C)C(C)C. The molecule has 1 aliphatic heterocycles. The van der Waals surface area contributed by atoms with Crippen molar-refractivity contribution in [2.75, 3.05) is 18.1 Å². The highest BCUT2D eigenvalue weighted by atomic mass is 28.4. The van der Waals surface area contributed by atoms with Gasteiger partial charge in [0.05, 0.1) is 12.6 Å². The van der Waals surface area contributed by atoms with Crippen LogP contribution in [-0.2, 0) is 4.43 Å². The maximum Gasteiger partial charge on any atom is 0.232 e. The van der Waals surface area contributed by atoms with Crippen LogP contribution in [0.1, 0.15) is 54.4 Å². The van der Waals surface area contributed by atoms with Crippen LogP contribution in [0.15, 0.2) is 18.3 Å². The molecule has 1 aliphatic rings. The Bertz CT molecular complexity index is 755. The monoisotopic (exact) mass is 392 g/mol. The first-order valence-corrected chi connectivity index (χ1v) is 12.3. The van der Waals surface area contributed by atoms with Crippen LogP contribution in [0.3, 0.4) is 0 Å². The van der Waals surface area contributed by atoms with Crippen LogP contribution >= 0.6 is 0 Å². The molecule has 0 aromatic carbocycles. The number of nitrogens with zero attached hydrogens (tertiary/aromatic N) is 4. The van der Waals surface area contributed by atoms with Crippen molar-refractivity contribution in [1.29, 1.82) is 0 Å². The fraction of sp³-hybridized carbons (Fsp3) is 0.700. The lowest BCUT2D eigenvalue weighted by molar-refractivity contribution is 0.253. The highest BCUT2D eigenvalue weighted by Crippen LogP contribution is 2.42. The van der Waals surface area contributed by atoms with Crippen LogP contribution in [0.2, 0.25) is 16.6 Å². The van der Waals surface area contributed by atoms with Crippen molar-refractivity contribution >= 4 is 19.9 Å². The number of pyridine rings is 1. The summed E-state index contributed by atoms with van der Waals surface area (Å²) in [5.74, 6) is 0.447. The van der Waals surface area contributed by atoms with E-state index in [1.807, 2.05) is 0 Å². The van der Waals surface area contributed by atoms with Crippen molar-refractivity contribution < 1.29 is 8.82 Å². The third-order valence-electron chi connectivity index (χ3n) is 6.22. The number of aromatic nitrogens is 3. The molecule has 1 atom stereocenters. The maximum atomic E-state index is 13.7. The van der Waals surface area contributed by atoms with Crippen molar-refractivity contribution in [1.82, 2.24) is 14.6 Å². The minimum atomic E-state index is -1.90. The normalized spacial score (nSPS) is 18.6. The third-order valence-corrected chi connectivity index (χ3v) is 12.3. The van der Waals surface area contributed by atoms with E-state index in [4.69, 9.17) is 4.43 Å². The molecule has 5 nitrogen and oxygen atoms in total. The lowest BCUT2D eigenvalue weighted by atomic mass is 10.2. The van der Waals surface area contributed by atoms with Gasteiger partial charge in [0, 0.05) is 12.7 Å². The van der Waals surface area contributed by atoms with E-state index in [-0.39, 0.29) is 11.9 Å². The molecule has 0 aliphatic carbocycles. The fourth-order valence-corrected chi connectivity index (χ4v) is 10.5. The molecular weight excluding hydrogens is 359 g/mol. The Morgan fingerprint density at radius 3 is 2.41 bits per heavy atom. The average Bonchev–Trinajstić information content (AvgIpc) is 3.20. The number of anilines is 1. The molecule has 7 heteroatoms. The van der Waals surface area contributed by atoms with Gasteiger partial charge in [-0.3, -0.25) is 4.40 Å². The van der Waals surface area contributed by atoms with Gasteiger partial charge in [-0.05, 0) is 41.6 Å². The second-order valence-electron chi connectivity index (χ2n) is 8.69. The predicted octanol–water partition coefficient (Wildman–Crippen LogP) is 5.03. The van der Waals surface area contributed by atoms with E-state index in [1.54, 1.807) is 10.5 Å². The largest absolute Gasteiger partial charge is 0.414 e. The number of fused-ring (bicyclic) bond motifs is 1. The highest BCUT2D eigenvalue weighted by molar-refractivity contribution is 6.77. The lowest BCUT2D eigenvalue weighted by Gasteiger charge is -2.43. The molecule has 0 unspecified atom stereocenters. The van der Waals surface area contributed by atoms with Crippen molar-refractivity contribution in [3.05, 3.63) is 24.1 Å². The Morgan fingerprint density at radius 1 is 1.11 bits per heavy atom. The molecule has 2 aromatic heterocycles. The molecule has 1 saturated heterocycles. The van der Waals surface area contributed by atoms with E-state index in [9.17, 15) is 4.39 Å². The maximum absolute atomic E-state index is 13.7. The molecule has 0 bridgehead atoms. The first kappa shape index (κ1) is 20.3. The first-order chi connectivity index (χ1) is 12.8. The highest BCUT2D eigenvalue weighted by Gasteiger charge is 2.46. The molecule has 27 heavy (non-hydrogen) atoms. The van der Waals surface area contributed by atoms with Gasteiger partial charge in [-0.1, -0.05) is 41.5 Å². The zero-order chi connectivity index (χ0) is 19.8. The van der Waals surface area contributed by atoms with Crippen LogP contribution in [0, 0.1) is 5.82 Å². The van der Waals surface area contributed by atoms with Gasteiger partial charge in [0.2, 0.25) is 5.95 Å². The fourth-order valence-electron chi connectivity index (χ4n) is 5.06. The Labute approximate surface area is 163 Å². The van der Waals surface area contributed by atoms with Crippen molar-refractivity contribution in [3.8, 4) is 0 Å².